The Balaban J connectivity index is 2.44. The minimum absolute atomic E-state index is 0.222. The van der Waals surface area contributed by atoms with Crippen molar-refractivity contribution in [2.75, 3.05) is 17.6 Å². The Kier molecular flexibility index (Phi) is 4.69. The first-order valence-electron chi connectivity index (χ1n) is 4.09. The van der Waals surface area contributed by atoms with E-state index < -0.39 is 5.97 Å². The van der Waals surface area contributed by atoms with Gasteiger partial charge in [0.1, 0.15) is 6.61 Å². The average molecular weight is 327 g/mol. The number of ether oxygens (including phenoxy) is 1. The van der Waals surface area contributed by atoms with Gasteiger partial charge in [0.05, 0.1) is 6.61 Å². The number of aromatic nitrogens is 1. The third kappa shape index (κ3) is 3.59. The van der Waals surface area contributed by atoms with Crippen LogP contribution in [0.15, 0.2) is 12.1 Å². The molecule has 0 aliphatic carbocycles. The lowest BCUT2D eigenvalue weighted by molar-refractivity contribution is -0.150. The summed E-state index contributed by atoms with van der Waals surface area (Å²) in [4.78, 5) is 15.7. The van der Waals surface area contributed by atoms with E-state index in [1.807, 2.05) is 0 Å². The van der Waals surface area contributed by atoms with Gasteiger partial charge < -0.3 is 19.8 Å². The summed E-state index contributed by atoms with van der Waals surface area (Å²) in [6, 6.07) is 2.41. The van der Waals surface area contributed by atoms with Crippen LogP contribution in [0.3, 0.4) is 0 Å². The molecule has 0 unspecified atom stereocenters. The molecule has 0 aliphatic rings. The van der Waals surface area contributed by atoms with E-state index in [0.717, 1.165) is 4.43 Å². The highest BCUT2D eigenvalue weighted by atomic mass is 127. The first-order valence-corrected chi connectivity index (χ1v) is 5.62. The van der Waals surface area contributed by atoms with Gasteiger partial charge in [-0.05, 0) is 0 Å². The van der Waals surface area contributed by atoms with Crippen LogP contribution in [0.2, 0.25) is 0 Å². The van der Waals surface area contributed by atoms with E-state index in [2.05, 4.69) is 27.4 Å². The number of aromatic hydroxyl groups is 2. The zero-order valence-corrected chi connectivity index (χ0v) is 9.88. The predicted molar refractivity (Wildman–Crippen MR) is 59.1 cm³/mol. The number of nitrogens with zero attached hydrogens (tertiary/aromatic N) is 1. The van der Waals surface area contributed by atoms with Crippen LogP contribution in [0, 0.1) is 0 Å². The van der Waals surface area contributed by atoms with E-state index >= 15 is 0 Å². The molecule has 0 aromatic carbocycles. The zero-order valence-electron chi connectivity index (χ0n) is 7.72. The van der Waals surface area contributed by atoms with Crippen LogP contribution >= 0.6 is 22.6 Å². The van der Waals surface area contributed by atoms with E-state index in [0.29, 0.717) is 11.3 Å². The highest BCUT2D eigenvalue weighted by Gasteiger charge is 2.11. The maximum absolute atomic E-state index is 11.1. The molecular formula is C8H10INO5. The molecule has 0 spiro atoms. The van der Waals surface area contributed by atoms with E-state index in [1.54, 1.807) is 0 Å². The van der Waals surface area contributed by atoms with Gasteiger partial charge >= 0.3 is 5.97 Å². The second-order valence-corrected chi connectivity index (χ2v) is 3.63. The molecule has 0 aliphatic heterocycles. The van der Waals surface area contributed by atoms with Crippen molar-refractivity contribution < 1.29 is 24.6 Å². The topological polar surface area (TPSA) is 80.9 Å². The van der Waals surface area contributed by atoms with Crippen molar-refractivity contribution >= 4 is 28.6 Å². The number of hydrogen-bond acceptors (Lipinski definition) is 5. The Morgan fingerprint density at radius 2 is 2.00 bits per heavy atom. The van der Waals surface area contributed by atoms with Crippen LogP contribution in [0.5, 0.6) is 11.8 Å². The minimum atomic E-state index is -0.693. The van der Waals surface area contributed by atoms with Crippen molar-refractivity contribution in [1.82, 2.24) is 4.73 Å². The Morgan fingerprint density at radius 3 is 2.53 bits per heavy atom. The van der Waals surface area contributed by atoms with Gasteiger partial charge in [-0.2, -0.15) is 0 Å². The SMILES string of the molecule is O=C(COCCI)On1c(O)ccc1O. The molecule has 6 nitrogen and oxygen atoms in total. The molecule has 0 fully saturated rings. The normalized spacial score (nSPS) is 10.2. The minimum Gasteiger partial charge on any atom is -0.492 e. The van der Waals surface area contributed by atoms with Gasteiger partial charge in [0.15, 0.2) is 0 Å². The number of carbonyl (C=O) groups is 1. The molecule has 0 amide bonds. The molecule has 0 radical (unpaired) electrons. The number of alkyl halides is 1. The van der Waals surface area contributed by atoms with Crippen LogP contribution in [0.4, 0.5) is 0 Å². The molecule has 1 aromatic heterocycles. The Bertz CT molecular complexity index is 318. The average Bonchev–Trinajstić information content (AvgIpc) is 2.50. The second-order valence-electron chi connectivity index (χ2n) is 2.55. The highest BCUT2D eigenvalue weighted by molar-refractivity contribution is 14.1. The summed E-state index contributed by atoms with van der Waals surface area (Å²) in [6.45, 7) is 0.222. The largest absolute Gasteiger partial charge is 0.492 e. The first-order chi connectivity index (χ1) is 7.15. The lowest BCUT2D eigenvalue weighted by Gasteiger charge is -2.06. The zero-order chi connectivity index (χ0) is 11.3. The predicted octanol–water partition coefficient (Wildman–Crippen LogP) is 0.306. The van der Waals surface area contributed by atoms with E-state index in [1.165, 1.54) is 12.1 Å². The number of hydrogen-bond donors (Lipinski definition) is 2. The molecule has 0 saturated carbocycles. The molecule has 1 aromatic rings. The number of halogens is 1. The summed E-state index contributed by atoms with van der Waals surface area (Å²) in [5, 5.41) is 18.3. The van der Waals surface area contributed by atoms with Crippen molar-refractivity contribution in [1.29, 1.82) is 0 Å². The van der Waals surface area contributed by atoms with E-state index in [9.17, 15) is 4.79 Å². The van der Waals surface area contributed by atoms with Gasteiger partial charge in [0.2, 0.25) is 11.8 Å². The van der Waals surface area contributed by atoms with Crippen LogP contribution in [0.1, 0.15) is 0 Å². The second kappa shape index (κ2) is 5.81. The summed E-state index contributed by atoms with van der Waals surface area (Å²) >= 11 is 2.11. The number of rotatable bonds is 5. The van der Waals surface area contributed by atoms with Crippen molar-refractivity contribution in [3.63, 3.8) is 0 Å². The third-order valence-electron chi connectivity index (χ3n) is 1.43. The van der Waals surface area contributed by atoms with Gasteiger partial charge in [-0.3, -0.25) is 0 Å². The standard InChI is InChI=1S/C8H10INO5/c9-3-4-14-5-8(13)15-10-6(11)1-2-7(10)12/h1-2,11-12H,3-5H2. The summed E-state index contributed by atoms with van der Waals surface area (Å²) in [6.07, 6.45) is 0. The molecule has 0 bridgehead atoms. The van der Waals surface area contributed by atoms with Crippen LogP contribution in [-0.4, -0.2) is 38.6 Å². The van der Waals surface area contributed by atoms with Gasteiger partial charge in [-0.25, -0.2) is 4.79 Å². The first kappa shape index (κ1) is 12.1. The fourth-order valence-corrected chi connectivity index (χ4v) is 1.14. The van der Waals surface area contributed by atoms with Gasteiger partial charge in [0, 0.05) is 16.6 Å². The summed E-state index contributed by atoms with van der Waals surface area (Å²) in [5.74, 6) is -1.40. The fourth-order valence-electron chi connectivity index (χ4n) is 0.834. The highest BCUT2D eigenvalue weighted by Crippen LogP contribution is 2.18. The van der Waals surface area contributed by atoms with Crippen molar-refractivity contribution in [3.8, 4) is 11.8 Å². The quantitative estimate of drug-likeness (QED) is 0.462. The monoisotopic (exact) mass is 327 g/mol. The molecule has 7 heteroatoms. The maximum Gasteiger partial charge on any atom is 0.358 e. The van der Waals surface area contributed by atoms with Crippen molar-refractivity contribution in [3.05, 3.63) is 12.1 Å². The molecule has 15 heavy (non-hydrogen) atoms. The van der Waals surface area contributed by atoms with Crippen molar-refractivity contribution in [2.45, 2.75) is 0 Å². The van der Waals surface area contributed by atoms with Gasteiger partial charge in [0.25, 0.3) is 0 Å². The van der Waals surface area contributed by atoms with Crippen LogP contribution in [0.25, 0.3) is 0 Å². The molecule has 0 atom stereocenters. The Hall–Kier alpha value is -0.960. The molecule has 2 N–H and O–H groups in total. The molecule has 1 heterocycles. The number of carbonyl (C=O) groups excluding carboxylic acids is 1. The fraction of sp³-hybridized carbons (Fsp3) is 0.375. The molecular weight excluding hydrogens is 317 g/mol. The third-order valence-corrected chi connectivity index (χ3v) is 1.87. The van der Waals surface area contributed by atoms with Gasteiger partial charge in [-0.1, -0.05) is 22.6 Å². The summed E-state index contributed by atoms with van der Waals surface area (Å²) in [7, 11) is 0. The summed E-state index contributed by atoms with van der Waals surface area (Å²) in [5.41, 5.74) is 0. The summed E-state index contributed by atoms with van der Waals surface area (Å²) < 4.78 is 6.30. The maximum atomic E-state index is 11.1. The van der Waals surface area contributed by atoms with Crippen LogP contribution < -0.4 is 4.84 Å². The smallest absolute Gasteiger partial charge is 0.358 e. The molecule has 84 valence electrons. The lowest BCUT2D eigenvalue weighted by atomic mass is 10.6. The Morgan fingerprint density at radius 1 is 1.40 bits per heavy atom. The van der Waals surface area contributed by atoms with E-state index in [4.69, 9.17) is 14.9 Å². The molecule has 1 rings (SSSR count). The van der Waals surface area contributed by atoms with Crippen molar-refractivity contribution in [2.24, 2.45) is 0 Å². The molecule has 0 saturated heterocycles. The Labute approximate surface area is 99.5 Å². The lowest BCUT2D eigenvalue weighted by Crippen LogP contribution is -2.23. The van der Waals surface area contributed by atoms with Crippen LogP contribution in [-0.2, 0) is 9.53 Å². The van der Waals surface area contributed by atoms with Gasteiger partial charge in [-0.15, -0.1) is 4.73 Å². The van der Waals surface area contributed by atoms with E-state index in [-0.39, 0.29) is 18.4 Å².